The lowest BCUT2D eigenvalue weighted by molar-refractivity contribution is 0.0679. The third-order valence-electron chi connectivity index (χ3n) is 5.31. The number of nitrogens with one attached hydrogen (secondary N) is 2. The van der Waals surface area contributed by atoms with Gasteiger partial charge in [-0.2, -0.15) is 0 Å². The topological polar surface area (TPSA) is 94.3 Å². The van der Waals surface area contributed by atoms with Gasteiger partial charge < -0.3 is 14.5 Å². The van der Waals surface area contributed by atoms with Gasteiger partial charge in [-0.25, -0.2) is 9.89 Å². The molecule has 2 heterocycles. The maximum Gasteiger partial charge on any atom is 0.341 e. The minimum absolute atomic E-state index is 0.0811. The van der Waals surface area contributed by atoms with Gasteiger partial charge in [0, 0.05) is 26.2 Å². The van der Waals surface area contributed by atoms with E-state index in [1.54, 1.807) is 12.0 Å². The molecule has 1 amide bonds. The highest BCUT2D eigenvalue weighted by Gasteiger charge is 2.25. The lowest BCUT2D eigenvalue weighted by atomic mass is 9.96. The highest BCUT2D eigenvalue weighted by atomic mass is 16.5. The van der Waals surface area contributed by atoms with Crippen molar-refractivity contribution in [2.45, 2.75) is 26.2 Å². The van der Waals surface area contributed by atoms with Crippen molar-refractivity contribution in [3.8, 4) is 5.75 Å². The highest BCUT2D eigenvalue weighted by Crippen LogP contribution is 2.19. The molecular formula is C20H29N5O3. The molecule has 1 atom stereocenters. The fraction of sp³-hybridized carbons (Fsp3) is 0.550. The van der Waals surface area contributed by atoms with Gasteiger partial charge in [0.2, 0.25) is 5.82 Å². The van der Waals surface area contributed by atoms with E-state index in [9.17, 15) is 9.59 Å². The summed E-state index contributed by atoms with van der Waals surface area (Å²) in [7, 11) is 1.69. The average Bonchev–Trinajstić information content (AvgIpc) is 3.17. The number of likely N-dealkylation sites (tertiary alicyclic amines) is 1. The maximum atomic E-state index is 12.6. The van der Waals surface area contributed by atoms with E-state index in [0.29, 0.717) is 19.0 Å². The maximum absolute atomic E-state index is 12.6. The second-order valence-corrected chi connectivity index (χ2v) is 7.28. The van der Waals surface area contributed by atoms with Crippen LogP contribution >= 0.6 is 0 Å². The van der Waals surface area contributed by atoms with E-state index in [1.165, 1.54) is 5.56 Å². The molecule has 1 aliphatic rings. The van der Waals surface area contributed by atoms with Gasteiger partial charge >= 0.3 is 5.69 Å². The summed E-state index contributed by atoms with van der Waals surface area (Å²) in [5.74, 6) is 1.17. The number of hydrogen-bond donors (Lipinski definition) is 2. The Labute approximate surface area is 164 Å². The minimum Gasteiger partial charge on any atom is -0.497 e. The number of carbonyl (C=O) groups excluding carboxylic acids is 1. The Morgan fingerprint density at radius 3 is 3.00 bits per heavy atom. The van der Waals surface area contributed by atoms with Crippen molar-refractivity contribution in [2.75, 3.05) is 39.8 Å². The number of H-pyrrole nitrogens is 2. The molecule has 2 aromatic rings. The summed E-state index contributed by atoms with van der Waals surface area (Å²) in [5, 5.41) is 6.02. The predicted molar refractivity (Wildman–Crippen MR) is 107 cm³/mol. The van der Waals surface area contributed by atoms with Crippen LogP contribution in [-0.4, -0.2) is 70.7 Å². The first-order valence-corrected chi connectivity index (χ1v) is 9.88. The van der Waals surface area contributed by atoms with Crippen molar-refractivity contribution in [3.05, 3.63) is 46.1 Å². The molecule has 28 heavy (non-hydrogen) atoms. The monoisotopic (exact) mass is 387 g/mol. The number of aromatic nitrogens is 3. The van der Waals surface area contributed by atoms with Crippen LogP contribution in [0.1, 0.15) is 35.9 Å². The standard InChI is InChI=1S/C20H29N5O3/c1-3-25(19(26)18-21-20(27)23-22-18)14-16-7-5-10-24(13-16)11-9-15-6-4-8-17(12-15)28-2/h4,6,8,12,16H,3,5,7,9-11,13-14H2,1-2H3,(H2,21,22,23,27). The molecule has 1 saturated heterocycles. The zero-order chi connectivity index (χ0) is 19.9. The second-order valence-electron chi connectivity index (χ2n) is 7.28. The van der Waals surface area contributed by atoms with Crippen molar-refractivity contribution in [3.63, 3.8) is 0 Å². The Bertz CT molecular complexity index is 831. The van der Waals surface area contributed by atoms with E-state index in [1.807, 2.05) is 19.1 Å². The molecule has 2 N–H and O–H groups in total. The van der Waals surface area contributed by atoms with E-state index < -0.39 is 5.69 Å². The summed E-state index contributed by atoms with van der Waals surface area (Å²) in [6.45, 7) is 6.29. The molecule has 0 radical (unpaired) electrons. The van der Waals surface area contributed by atoms with Crippen molar-refractivity contribution < 1.29 is 9.53 Å². The quantitative estimate of drug-likeness (QED) is 0.716. The van der Waals surface area contributed by atoms with Gasteiger partial charge in [0.25, 0.3) is 5.91 Å². The van der Waals surface area contributed by atoms with E-state index in [-0.39, 0.29) is 11.7 Å². The van der Waals surface area contributed by atoms with Crippen LogP contribution in [0, 0.1) is 5.92 Å². The lowest BCUT2D eigenvalue weighted by Gasteiger charge is -2.35. The summed E-state index contributed by atoms with van der Waals surface area (Å²) in [6, 6.07) is 8.20. The molecule has 8 nitrogen and oxygen atoms in total. The van der Waals surface area contributed by atoms with Gasteiger partial charge in [0.15, 0.2) is 0 Å². The Morgan fingerprint density at radius 2 is 2.29 bits per heavy atom. The van der Waals surface area contributed by atoms with Crippen LogP contribution in [0.4, 0.5) is 0 Å². The van der Waals surface area contributed by atoms with E-state index >= 15 is 0 Å². The third-order valence-corrected chi connectivity index (χ3v) is 5.31. The minimum atomic E-state index is -0.458. The van der Waals surface area contributed by atoms with Crippen molar-refractivity contribution in [1.29, 1.82) is 0 Å². The number of methoxy groups -OCH3 is 1. The van der Waals surface area contributed by atoms with Crippen molar-refractivity contribution >= 4 is 5.91 Å². The van der Waals surface area contributed by atoms with Gasteiger partial charge in [-0.1, -0.05) is 12.1 Å². The number of piperidine rings is 1. The van der Waals surface area contributed by atoms with Gasteiger partial charge in [-0.3, -0.25) is 9.78 Å². The zero-order valence-electron chi connectivity index (χ0n) is 16.6. The van der Waals surface area contributed by atoms with Crippen LogP contribution in [0.25, 0.3) is 0 Å². The van der Waals surface area contributed by atoms with Crippen LogP contribution in [0.2, 0.25) is 0 Å². The summed E-state index contributed by atoms with van der Waals surface area (Å²) >= 11 is 0. The van der Waals surface area contributed by atoms with Crippen LogP contribution in [-0.2, 0) is 6.42 Å². The predicted octanol–water partition coefficient (Wildman–Crippen LogP) is 1.52. The van der Waals surface area contributed by atoms with E-state index in [0.717, 1.165) is 44.6 Å². The molecule has 3 rings (SSSR count). The summed E-state index contributed by atoms with van der Waals surface area (Å²) in [5.41, 5.74) is 0.815. The molecule has 0 bridgehead atoms. The molecule has 0 aliphatic carbocycles. The summed E-state index contributed by atoms with van der Waals surface area (Å²) in [4.78, 5) is 30.5. The molecule has 0 saturated carbocycles. The van der Waals surface area contributed by atoms with Crippen LogP contribution < -0.4 is 10.4 Å². The van der Waals surface area contributed by atoms with Crippen LogP contribution in [0.15, 0.2) is 29.1 Å². The fourth-order valence-corrected chi connectivity index (χ4v) is 3.81. The number of carbonyl (C=O) groups is 1. The third kappa shape index (κ3) is 5.22. The molecular weight excluding hydrogens is 358 g/mol. The van der Waals surface area contributed by atoms with Crippen molar-refractivity contribution in [2.24, 2.45) is 5.92 Å². The molecule has 152 valence electrons. The van der Waals surface area contributed by atoms with Gasteiger partial charge in [-0.05, 0) is 56.3 Å². The van der Waals surface area contributed by atoms with Gasteiger partial charge in [-0.15, -0.1) is 5.10 Å². The second kappa shape index (κ2) is 9.54. The molecule has 1 unspecified atom stereocenters. The van der Waals surface area contributed by atoms with E-state index in [2.05, 4.69) is 32.2 Å². The number of rotatable bonds is 8. The molecule has 1 fully saturated rings. The smallest absolute Gasteiger partial charge is 0.341 e. The molecule has 8 heteroatoms. The highest BCUT2D eigenvalue weighted by molar-refractivity contribution is 5.90. The number of hydrogen-bond acceptors (Lipinski definition) is 5. The van der Waals surface area contributed by atoms with Crippen LogP contribution in [0.5, 0.6) is 5.75 Å². The number of nitrogens with zero attached hydrogens (tertiary/aromatic N) is 3. The normalized spacial score (nSPS) is 17.4. The van der Waals surface area contributed by atoms with Gasteiger partial charge in [0.1, 0.15) is 5.75 Å². The summed E-state index contributed by atoms with van der Waals surface area (Å²) in [6.07, 6.45) is 3.22. The SMILES string of the molecule is CCN(CC1CCCN(CCc2cccc(OC)c2)C1)C(=O)c1n[nH]c(=O)[nH]1. The zero-order valence-corrected chi connectivity index (χ0v) is 16.6. The fourth-order valence-electron chi connectivity index (χ4n) is 3.81. The largest absolute Gasteiger partial charge is 0.497 e. The molecule has 0 spiro atoms. The van der Waals surface area contributed by atoms with Gasteiger partial charge in [0.05, 0.1) is 7.11 Å². The first-order valence-electron chi connectivity index (χ1n) is 9.88. The Morgan fingerprint density at radius 1 is 1.43 bits per heavy atom. The average molecular weight is 387 g/mol. The first-order chi connectivity index (χ1) is 13.6. The Kier molecular flexibility index (Phi) is 6.86. The lowest BCUT2D eigenvalue weighted by Crippen LogP contribution is -2.43. The summed E-state index contributed by atoms with van der Waals surface area (Å²) < 4.78 is 5.30. The number of benzene rings is 1. The Balaban J connectivity index is 1.53. The molecule has 1 aromatic heterocycles. The Hall–Kier alpha value is -2.61. The van der Waals surface area contributed by atoms with Crippen molar-refractivity contribution in [1.82, 2.24) is 25.0 Å². The molecule has 1 aromatic carbocycles. The van der Waals surface area contributed by atoms with E-state index in [4.69, 9.17) is 4.74 Å². The molecule has 1 aliphatic heterocycles. The first kappa shape index (κ1) is 20.1. The number of aromatic amines is 2. The number of amides is 1. The van der Waals surface area contributed by atoms with Crippen LogP contribution in [0.3, 0.4) is 0 Å². The number of ether oxygens (including phenoxy) is 1.